The summed E-state index contributed by atoms with van der Waals surface area (Å²) in [6, 6.07) is 0. The van der Waals surface area contributed by atoms with Crippen LogP contribution in [-0.2, 0) is 24.5 Å². The lowest BCUT2D eigenvalue weighted by molar-refractivity contribution is -0.142. The van der Waals surface area contributed by atoms with Gasteiger partial charge in [0.2, 0.25) is 0 Å². The van der Waals surface area contributed by atoms with Crippen LogP contribution in [0.15, 0.2) is 11.2 Å². The minimum atomic E-state index is -4.47. The van der Waals surface area contributed by atoms with Gasteiger partial charge in [0.25, 0.3) is 0 Å². The number of nitrogens with zero attached hydrogens (tertiary/aromatic N) is 3. The average Bonchev–Trinajstić information content (AvgIpc) is 2.80. The molecule has 2 N–H and O–H groups in total. The number of hydrogen-bond acceptors (Lipinski definition) is 3. The number of hydrogen-bond donors (Lipinski definition) is 2. The van der Waals surface area contributed by atoms with E-state index in [0.29, 0.717) is 25.2 Å². The Morgan fingerprint density at radius 2 is 1.93 bits per heavy atom. The number of ether oxygens (including phenoxy) is 1. The van der Waals surface area contributed by atoms with Crippen LogP contribution in [0.3, 0.4) is 0 Å². The Labute approximate surface area is 175 Å². The molecule has 0 amide bonds. The van der Waals surface area contributed by atoms with E-state index in [1.165, 1.54) is 38.9 Å². The first-order valence-corrected chi connectivity index (χ1v) is 9.06. The van der Waals surface area contributed by atoms with Crippen molar-refractivity contribution in [3.05, 3.63) is 17.5 Å². The average molecular weight is 503 g/mol. The molecule has 1 aromatic rings. The molecule has 27 heavy (non-hydrogen) atoms. The lowest BCUT2D eigenvalue weighted by Gasteiger charge is -2.17. The van der Waals surface area contributed by atoms with E-state index in [9.17, 15) is 13.2 Å². The third kappa shape index (κ3) is 8.24. The van der Waals surface area contributed by atoms with E-state index in [-0.39, 0.29) is 36.1 Å². The smallest absolute Gasteiger partial charge is 0.376 e. The lowest BCUT2D eigenvalue weighted by atomic mass is 10.1. The van der Waals surface area contributed by atoms with Gasteiger partial charge in [0.1, 0.15) is 0 Å². The van der Waals surface area contributed by atoms with Gasteiger partial charge in [-0.05, 0) is 12.8 Å². The SMILES string of the molecule is CN=C(NCCOC1CCCCCC1)NCc1cn(C)nc1C(F)(F)F.I. The molecule has 10 heteroatoms. The topological polar surface area (TPSA) is 63.5 Å². The number of halogens is 4. The molecule has 0 aromatic carbocycles. The zero-order valence-electron chi connectivity index (χ0n) is 15.8. The van der Waals surface area contributed by atoms with Crippen molar-refractivity contribution in [2.75, 3.05) is 20.2 Å². The molecular weight excluding hydrogens is 474 g/mol. The summed E-state index contributed by atoms with van der Waals surface area (Å²) in [7, 11) is 3.05. The molecule has 6 nitrogen and oxygen atoms in total. The molecule has 0 spiro atoms. The quantitative estimate of drug-likeness (QED) is 0.205. The van der Waals surface area contributed by atoms with Gasteiger partial charge < -0.3 is 15.4 Å². The molecule has 0 radical (unpaired) electrons. The van der Waals surface area contributed by atoms with Crippen molar-refractivity contribution in [3.8, 4) is 0 Å². The zero-order valence-corrected chi connectivity index (χ0v) is 18.1. The van der Waals surface area contributed by atoms with E-state index < -0.39 is 11.9 Å². The summed E-state index contributed by atoms with van der Waals surface area (Å²) in [4.78, 5) is 4.03. The first-order valence-electron chi connectivity index (χ1n) is 9.06. The third-order valence-corrected chi connectivity index (χ3v) is 4.39. The van der Waals surface area contributed by atoms with Crippen LogP contribution in [0, 0.1) is 0 Å². The standard InChI is InChI=1S/C17H28F3N5O.HI/c1-21-16(22-9-10-26-14-7-5-3-4-6-8-14)23-11-13-12-25(2)24-15(13)17(18,19)20;/h12,14H,3-11H2,1-2H3,(H2,21,22,23);1H. The third-order valence-electron chi connectivity index (χ3n) is 4.39. The highest BCUT2D eigenvalue weighted by Crippen LogP contribution is 2.30. The van der Waals surface area contributed by atoms with Crippen LogP contribution in [0.4, 0.5) is 13.2 Å². The highest BCUT2D eigenvalue weighted by Gasteiger charge is 2.36. The maximum atomic E-state index is 13.0. The zero-order chi connectivity index (χ0) is 19.0. The molecule has 2 rings (SSSR count). The van der Waals surface area contributed by atoms with Crippen LogP contribution in [0.25, 0.3) is 0 Å². The van der Waals surface area contributed by atoms with Crippen molar-refractivity contribution in [3.63, 3.8) is 0 Å². The molecule has 0 bridgehead atoms. The fraction of sp³-hybridized carbons (Fsp3) is 0.765. The molecule has 1 fully saturated rings. The van der Waals surface area contributed by atoms with E-state index in [1.54, 1.807) is 7.05 Å². The van der Waals surface area contributed by atoms with Crippen molar-refractivity contribution in [1.29, 1.82) is 0 Å². The second-order valence-corrected chi connectivity index (χ2v) is 6.51. The van der Waals surface area contributed by atoms with Gasteiger partial charge in [-0.3, -0.25) is 9.67 Å². The van der Waals surface area contributed by atoms with Crippen molar-refractivity contribution < 1.29 is 17.9 Å². The van der Waals surface area contributed by atoms with Crippen LogP contribution in [0.1, 0.15) is 49.8 Å². The molecule has 1 aliphatic carbocycles. The predicted octanol–water partition coefficient (Wildman–Crippen LogP) is 3.46. The molecule has 1 aliphatic rings. The molecule has 156 valence electrons. The summed E-state index contributed by atoms with van der Waals surface area (Å²) in [5, 5.41) is 9.45. The van der Waals surface area contributed by atoms with Gasteiger partial charge in [0, 0.05) is 38.9 Å². The summed E-state index contributed by atoms with van der Waals surface area (Å²) in [6.45, 7) is 1.09. The van der Waals surface area contributed by atoms with Crippen molar-refractivity contribution >= 4 is 29.9 Å². The van der Waals surface area contributed by atoms with E-state index in [4.69, 9.17) is 4.74 Å². The van der Waals surface area contributed by atoms with Gasteiger partial charge in [-0.1, -0.05) is 25.7 Å². The second-order valence-electron chi connectivity index (χ2n) is 6.51. The molecule has 1 saturated carbocycles. The van der Waals surface area contributed by atoms with Crippen LogP contribution in [0.2, 0.25) is 0 Å². The number of aryl methyl sites for hydroxylation is 1. The van der Waals surface area contributed by atoms with Crippen LogP contribution in [0.5, 0.6) is 0 Å². The van der Waals surface area contributed by atoms with Gasteiger partial charge in [-0.25, -0.2) is 0 Å². The first kappa shape index (κ1) is 24.0. The summed E-state index contributed by atoms with van der Waals surface area (Å²) in [5.41, 5.74) is -0.794. The van der Waals surface area contributed by atoms with E-state index >= 15 is 0 Å². The van der Waals surface area contributed by atoms with Crippen molar-refractivity contribution in [2.45, 2.75) is 57.3 Å². The maximum Gasteiger partial charge on any atom is 0.435 e. The van der Waals surface area contributed by atoms with Crippen LogP contribution >= 0.6 is 24.0 Å². The number of nitrogens with one attached hydrogen (secondary N) is 2. The Bertz CT molecular complexity index is 584. The van der Waals surface area contributed by atoms with E-state index in [1.807, 2.05) is 0 Å². The largest absolute Gasteiger partial charge is 0.435 e. The summed E-state index contributed by atoms with van der Waals surface area (Å²) >= 11 is 0. The van der Waals surface area contributed by atoms with Gasteiger partial charge in [-0.15, -0.1) is 24.0 Å². The fourth-order valence-electron chi connectivity index (χ4n) is 3.11. The first-order chi connectivity index (χ1) is 12.4. The summed E-state index contributed by atoms with van der Waals surface area (Å²) in [6.07, 6.45) is 4.41. The predicted molar refractivity (Wildman–Crippen MR) is 109 cm³/mol. The number of aromatic nitrogens is 2. The van der Waals surface area contributed by atoms with Gasteiger partial charge >= 0.3 is 6.18 Å². The van der Waals surface area contributed by atoms with E-state index in [2.05, 4.69) is 20.7 Å². The second kappa shape index (κ2) is 11.7. The highest BCUT2D eigenvalue weighted by atomic mass is 127. The Hall–Kier alpha value is -1.04. The molecule has 1 heterocycles. The van der Waals surface area contributed by atoms with E-state index in [0.717, 1.165) is 17.5 Å². The van der Waals surface area contributed by atoms with Crippen molar-refractivity contribution in [2.24, 2.45) is 12.0 Å². The van der Waals surface area contributed by atoms with Gasteiger partial charge in [0.05, 0.1) is 12.7 Å². The monoisotopic (exact) mass is 503 g/mol. The van der Waals surface area contributed by atoms with Crippen LogP contribution < -0.4 is 10.6 Å². The molecule has 0 saturated heterocycles. The Morgan fingerprint density at radius 3 is 2.52 bits per heavy atom. The highest BCUT2D eigenvalue weighted by molar-refractivity contribution is 14.0. The normalized spacial score (nSPS) is 16.6. The van der Waals surface area contributed by atoms with Crippen molar-refractivity contribution in [1.82, 2.24) is 20.4 Å². The fourth-order valence-corrected chi connectivity index (χ4v) is 3.11. The number of guanidine groups is 1. The summed E-state index contributed by atoms with van der Waals surface area (Å²) in [5.74, 6) is 0.437. The minimum Gasteiger partial charge on any atom is -0.376 e. The molecule has 0 unspecified atom stereocenters. The number of alkyl halides is 3. The maximum absolute atomic E-state index is 13.0. The Kier molecular flexibility index (Phi) is 10.4. The molecule has 1 aromatic heterocycles. The molecule has 0 atom stereocenters. The number of rotatable bonds is 6. The van der Waals surface area contributed by atoms with Gasteiger partial charge in [0.15, 0.2) is 11.7 Å². The molecule has 0 aliphatic heterocycles. The lowest BCUT2D eigenvalue weighted by Crippen LogP contribution is -2.39. The van der Waals surface area contributed by atoms with Crippen LogP contribution in [-0.4, -0.2) is 42.0 Å². The summed E-state index contributed by atoms with van der Waals surface area (Å²) < 4.78 is 45.9. The minimum absolute atomic E-state index is 0. The van der Waals surface area contributed by atoms with Gasteiger partial charge in [-0.2, -0.15) is 18.3 Å². The number of aliphatic imine (C=N–C) groups is 1. The Balaban J connectivity index is 0.00000364. The molecular formula is C17H29F3IN5O. The Morgan fingerprint density at radius 1 is 1.26 bits per heavy atom.